The molecular weight excluding hydrogens is 272 g/mol. The number of likely N-dealkylation sites (N-methyl/N-ethyl adjacent to an activating group) is 1. The molecule has 0 radical (unpaired) electrons. The second kappa shape index (κ2) is 6.38. The van der Waals surface area contributed by atoms with E-state index in [1.165, 1.54) is 12.1 Å². The quantitative estimate of drug-likeness (QED) is 0.663. The fourth-order valence-electron chi connectivity index (χ4n) is 3.53. The summed E-state index contributed by atoms with van der Waals surface area (Å²) in [5, 5.41) is 0. The molecule has 21 heavy (non-hydrogen) atoms. The third-order valence-corrected chi connectivity index (χ3v) is 5.00. The van der Waals surface area contributed by atoms with Gasteiger partial charge in [-0.05, 0) is 63.9 Å². The van der Waals surface area contributed by atoms with Crippen molar-refractivity contribution >= 4 is 0 Å². The molecule has 1 unspecified atom stereocenters. The number of hydrazine groups is 1. The number of halogens is 2. The molecule has 1 atom stereocenters. The highest BCUT2D eigenvalue weighted by molar-refractivity contribution is 5.26. The van der Waals surface area contributed by atoms with Gasteiger partial charge in [-0.3, -0.25) is 11.3 Å². The van der Waals surface area contributed by atoms with E-state index in [1.807, 2.05) is 14.1 Å². The lowest BCUT2D eigenvalue weighted by atomic mass is 9.70. The molecule has 1 aromatic rings. The lowest BCUT2D eigenvalue weighted by Gasteiger charge is -2.49. The predicted octanol–water partition coefficient (Wildman–Crippen LogP) is 2.98. The zero-order valence-electron chi connectivity index (χ0n) is 13.0. The summed E-state index contributed by atoms with van der Waals surface area (Å²) < 4.78 is 27.7. The second-order valence-electron chi connectivity index (χ2n) is 6.45. The zero-order valence-corrected chi connectivity index (χ0v) is 13.0. The summed E-state index contributed by atoms with van der Waals surface area (Å²) in [5.74, 6) is 5.55. The summed E-state index contributed by atoms with van der Waals surface area (Å²) in [6, 6.07) is 3.13. The van der Waals surface area contributed by atoms with E-state index >= 15 is 0 Å². The van der Waals surface area contributed by atoms with Crippen LogP contribution in [-0.2, 0) is 0 Å². The minimum absolute atomic E-state index is 0.296. The minimum Gasteiger partial charge on any atom is -0.302 e. The van der Waals surface area contributed by atoms with Crippen molar-refractivity contribution in [2.24, 2.45) is 11.8 Å². The molecule has 0 heterocycles. The molecule has 0 bridgehead atoms. The molecule has 0 aromatic heterocycles. The molecule has 1 aliphatic carbocycles. The molecule has 3 nitrogen and oxygen atoms in total. The topological polar surface area (TPSA) is 41.3 Å². The standard InChI is InChI=1S/C16H25F2N3/c1-11-6-8-16(9-7-11,21(2)3)15(20-19)13-10-12(17)4-5-14(13)18/h4-5,10-11,15,20H,6-9,19H2,1-3H3. The number of nitrogens with two attached hydrogens (primary N) is 1. The Labute approximate surface area is 125 Å². The van der Waals surface area contributed by atoms with Crippen molar-refractivity contribution in [3.05, 3.63) is 35.4 Å². The summed E-state index contributed by atoms with van der Waals surface area (Å²) in [7, 11) is 3.97. The van der Waals surface area contributed by atoms with Crippen LogP contribution in [0.2, 0.25) is 0 Å². The van der Waals surface area contributed by atoms with Gasteiger partial charge in [-0.1, -0.05) is 6.92 Å². The molecule has 5 heteroatoms. The molecule has 1 aliphatic rings. The largest absolute Gasteiger partial charge is 0.302 e. The van der Waals surface area contributed by atoms with Gasteiger partial charge in [-0.25, -0.2) is 8.78 Å². The zero-order chi connectivity index (χ0) is 15.6. The van der Waals surface area contributed by atoms with Gasteiger partial charge in [0.2, 0.25) is 0 Å². The summed E-state index contributed by atoms with van der Waals surface area (Å²) in [4.78, 5) is 2.10. The molecule has 1 saturated carbocycles. The third-order valence-electron chi connectivity index (χ3n) is 5.00. The Bertz CT molecular complexity index is 482. The van der Waals surface area contributed by atoms with E-state index in [4.69, 9.17) is 5.84 Å². The first-order valence-electron chi connectivity index (χ1n) is 7.49. The van der Waals surface area contributed by atoms with Crippen molar-refractivity contribution in [2.75, 3.05) is 14.1 Å². The van der Waals surface area contributed by atoms with Gasteiger partial charge in [-0.15, -0.1) is 0 Å². The monoisotopic (exact) mass is 297 g/mol. The average molecular weight is 297 g/mol. The van der Waals surface area contributed by atoms with E-state index < -0.39 is 17.7 Å². The Kier molecular flexibility index (Phi) is 4.96. The number of benzene rings is 1. The minimum atomic E-state index is -0.440. The van der Waals surface area contributed by atoms with Crippen molar-refractivity contribution in [3.63, 3.8) is 0 Å². The molecule has 0 saturated heterocycles. The first-order valence-corrected chi connectivity index (χ1v) is 7.49. The summed E-state index contributed by atoms with van der Waals surface area (Å²) in [6.07, 6.45) is 3.94. The molecule has 0 aliphatic heterocycles. The van der Waals surface area contributed by atoms with Gasteiger partial charge in [0.25, 0.3) is 0 Å². The number of hydrogen-bond acceptors (Lipinski definition) is 3. The van der Waals surface area contributed by atoms with Crippen LogP contribution in [0.4, 0.5) is 8.78 Å². The van der Waals surface area contributed by atoms with Crippen LogP contribution < -0.4 is 11.3 Å². The van der Waals surface area contributed by atoms with Crippen molar-refractivity contribution in [2.45, 2.75) is 44.2 Å². The normalized spacial score (nSPS) is 27.9. The van der Waals surface area contributed by atoms with E-state index in [2.05, 4.69) is 17.2 Å². The second-order valence-corrected chi connectivity index (χ2v) is 6.45. The summed E-state index contributed by atoms with van der Waals surface area (Å²) in [5.41, 5.74) is 2.76. The lowest BCUT2D eigenvalue weighted by Crippen LogP contribution is -2.57. The third kappa shape index (κ3) is 3.10. The van der Waals surface area contributed by atoms with E-state index in [0.29, 0.717) is 11.5 Å². The first-order chi connectivity index (χ1) is 9.90. The van der Waals surface area contributed by atoms with Crippen LogP contribution in [0.1, 0.15) is 44.2 Å². The van der Waals surface area contributed by atoms with Gasteiger partial charge in [-0.2, -0.15) is 0 Å². The fourth-order valence-corrected chi connectivity index (χ4v) is 3.53. The van der Waals surface area contributed by atoms with Crippen LogP contribution in [0.25, 0.3) is 0 Å². The SMILES string of the molecule is CC1CCC(C(NN)c2cc(F)ccc2F)(N(C)C)CC1. The van der Waals surface area contributed by atoms with E-state index in [1.54, 1.807) is 0 Å². The molecular formula is C16H25F2N3. The number of nitrogens with one attached hydrogen (secondary N) is 1. The van der Waals surface area contributed by atoms with E-state index in [0.717, 1.165) is 31.7 Å². The maximum absolute atomic E-state index is 14.2. The first kappa shape index (κ1) is 16.3. The van der Waals surface area contributed by atoms with Gasteiger partial charge in [0.1, 0.15) is 11.6 Å². The van der Waals surface area contributed by atoms with Gasteiger partial charge in [0, 0.05) is 11.1 Å². The highest BCUT2D eigenvalue weighted by atomic mass is 19.1. The van der Waals surface area contributed by atoms with E-state index in [-0.39, 0.29) is 5.54 Å². The maximum atomic E-state index is 14.2. The Morgan fingerprint density at radius 2 is 1.90 bits per heavy atom. The maximum Gasteiger partial charge on any atom is 0.128 e. The van der Waals surface area contributed by atoms with Crippen LogP contribution in [0.3, 0.4) is 0 Å². The number of hydrogen-bond donors (Lipinski definition) is 2. The molecule has 1 aromatic carbocycles. The lowest BCUT2D eigenvalue weighted by molar-refractivity contribution is 0.0415. The van der Waals surface area contributed by atoms with Crippen molar-refractivity contribution in [1.29, 1.82) is 0 Å². The van der Waals surface area contributed by atoms with Crippen LogP contribution in [-0.4, -0.2) is 24.5 Å². The van der Waals surface area contributed by atoms with Crippen molar-refractivity contribution < 1.29 is 8.78 Å². The summed E-state index contributed by atoms with van der Waals surface area (Å²) >= 11 is 0. The van der Waals surface area contributed by atoms with E-state index in [9.17, 15) is 8.78 Å². The number of nitrogens with zero attached hydrogens (tertiary/aromatic N) is 1. The molecule has 2 rings (SSSR count). The average Bonchev–Trinajstić information content (AvgIpc) is 2.45. The van der Waals surface area contributed by atoms with Gasteiger partial charge >= 0.3 is 0 Å². The smallest absolute Gasteiger partial charge is 0.128 e. The summed E-state index contributed by atoms with van der Waals surface area (Å²) in [6.45, 7) is 2.23. The number of rotatable bonds is 4. The Hall–Kier alpha value is -1.04. The fraction of sp³-hybridized carbons (Fsp3) is 0.625. The van der Waals surface area contributed by atoms with Crippen LogP contribution in [0, 0.1) is 17.6 Å². The van der Waals surface area contributed by atoms with Crippen LogP contribution in [0.15, 0.2) is 18.2 Å². The van der Waals surface area contributed by atoms with Crippen molar-refractivity contribution in [1.82, 2.24) is 10.3 Å². The van der Waals surface area contributed by atoms with Crippen molar-refractivity contribution in [3.8, 4) is 0 Å². The van der Waals surface area contributed by atoms with Gasteiger partial charge in [0.05, 0.1) is 6.04 Å². The Morgan fingerprint density at radius 1 is 1.29 bits per heavy atom. The Balaban J connectivity index is 2.43. The van der Waals surface area contributed by atoms with Gasteiger partial charge < -0.3 is 4.90 Å². The molecule has 0 spiro atoms. The molecule has 118 valence electrons. The highest BCUT2D eigenvalue weighted by Gasteiger charge is 2.44. The molecule has 3 N–H and O–H groups in total. The van der Waals surface area contributed by atoms with Crippen LogP contribution in [0.5, 0.6) is 0 Å². The van der Waals surface area contributed by atoms with Gasteiger partial charge in [0.15, 0.2) is 0 Å². The van der Waals surface area contributed by atoms with Crippen LogP contribution >= 0.6 is 0 Å². The predicted molar refractivity (Wildman–Crippen MR) is 80.5 cm³/mol. The molecule has 0 amide bonds. The Morgan fingerprint density at radius 3 is 2.43 bits per heavy atom. The molecule has 1 fully saturated rings. The highest BCUT2D eigenvalue weighted by Crippen LogP contribution is 2.43.